The molecule has 2 amide bonds. The van der Waals surface area contributed by atoms with Crippen LogP contribution in [0.25, 0.3) is 0 Å². The first-order valence-electron chi connectivity index (χ1n) is 6.98. The highest BCUT2D eigenvalue weighted by Gasteiger charge is 2.27. The van der Waals surface area contributed by atoms with Crippen molar-refractivity contribution in [3.8, 4) is 0 Å². The Bertz CT molecular complexity index is 310. The molecule has 3 N–H and O–H groups in total. The van der Waals surface area contributed by atoms with Gasteiger partial charge in [0, 0.05) is 19.1 Å². The van der Waals surface area contributed by atoms with Gasteiger partial charge >= 0.3 is 12.0 Å². The summed E-state index contributed by atoms with van der Waals surface area (Å²) in [4.78, 5) is 24.7. The number of hydrogen-bond acceptors (Lipinski definition) is 3. The Kier molecular flexibility index (Phi) is 6.62. The molecule has 6 heteroatoms. The molecular weight excluding hydrogens is 246 g/mol. The Labute approximate surface area is 114 Å². The fourth-order valence-electron chi connectivity index (χ4n) is 2.30. The number of aliphatic carboxylic acids is 1. The van der Waals surface area contributed by atoms with Crippen LogP contribution in [0.1, 0.15) is 32.6 Å². The highest BCUT2D eigenvalue weighted by atomic mass is 16.4. The summed E-state index contributed by atoms with van der Waals surface area (Å²) in [5.41, 5.74) is 0. The lowest BCUT2D eigenvalue weighted by Gasteiger charge is -2.27. The van der Waals surface area contributed by atoms with Crippen molar-refractivity contribution in [2.24, 2.45) is 5.92 Å². The molecule has 0 heterocycles. The van der Waals surface area contributed by atoms with Crippen LogP contribution in [0.3, 0.4) is 0 Å². The van der Waals surface area contributed by atoms with Crippen LogP contribution in [0.15, 0.2) is 0 Å². The average Bonchev–Trinajstić information content (AvgIpc) is 2.38. The summed E-state index contributed by atoms with van der Waals surface area (Å²) in [7, 11) is 2.00. The van der Waals surface area contributed by atoms with Crippen molar-refractivity contribution >= 4 is 12.0 Å². The Balaban J connectivity index is 2.22. The Hall–Kier alpha value is -1.30. The SMILES string of the molecule is CCN(C)CCNC(=O)NC1CCCC(C(=O)O)C1. The molecule has 110 valence electrons. The third-order valence-corrected chi connectivity index (χ3v) is 3.68. The third kappa shape index (κ3) is 5.92. The van der Waals surface area contributed by atoms with E-state index in [1.54, 1.807) is 0 Å². The Morgan fingerprint density at radius 1 is 1.37 bits per heavy atom. The molecule has 1 rings (SSSR count). The molecule has 19 heavy (non-hydrogen) atoms. The first-order chi connectivity index (χ1) is 9.02. The van der Waals surface area contributed by atoms with Gasteiger partial charge in [-0.2, -0.15) is 0 Å². The van der Waals surface area contributed by atoms with Crippen molar-refractivity contribution in [3.05, 3.63) is 0 Å². The minimum Gasteiger partial charge on any atom is -0.481 e. The van der Waals surface area contributed by atoms with Crippen molar-refractivity contribution in [1.82, 2.24) is 15.5 Å². The van der Waals surface area contributed by atoms with E-state index in [-0.39, 0.29) is 18.0 Å². The van der Waals surface area contributed by atoms with Crippen molar-refractivity contribution in [3.63, 3.8) is 0 Å². The van der Waals surface area contributed by atoms with E-state index in [1.165, 1.54) is 0 Å². The maximum Gasteiger partial charge on any atom is 0.315 e. The molecule has 0 aromatic rings. The van der Waals surface area contributed by atoms with E-state index < -0.39 is 5.97 Å². The van der Waals surface area contributed by atoms with Crippen molar-refractivity contribution < 1.29 is 14.7 Å². The van der Waals surface area contributed by atoms with Crippen LogP contribution in [0, 0.1) is 5.92 Å². The minimum absolute atomic E-state index is 0.0150. The maximum absolute atomic E-state index is 11.7. The smallest absolute Gasteiger partial charge is 0.315 e. The summed E-state index contributed by atoms with van der Waals surface area (Å²) in [5, 5.41) is 14.6. The van der Waals surface area contributed by atoms with E-state index in [4.69, 9.17) is 5.11 Å². The molecule has 1 saturated carbocycles. The number of hydrogen-bond donors (Lipinski definition) is 3. The molecule has 2 atom stereocenters. The lowest BCUT2D eigenvalue weighted by atomic mass is 9.86. The molecule has 1 fully saturated rings. The zero-order valence-electron chi connectivity index (χ0n) is 11.8. The van der Waals surface area contributed by atoms with Gasteiger partial charge in [-0.15, -0.1) is 0 Å². The summed E-state index contributed by atoms with van der Waals surface area (Å²) in [6.45, 7) is 4.43. The van der Waals surface area contributed by atoms with Crippen LogP contribution in [0.2, 0.25) is 0 Å². The molecule has 0 radical (unpaired) electrons. The predicted molar refractivity (Wildman–Crippen MR) is 73.1 cm³/mol. The highest BCUT2D eigenvalue weighted by molar-refractivity contribution is 5.74. The van der Waals surface area contributed by atoms with Gasteiger partial charge in [0.15, 0.2) is 0 Å². The number of carboxylic acid groups (broad SMARTS) is 1. The molecule has 0 bridgehead atoms. The number of nitrogens with one attached hydrogen (secondary N) is 2. The number of carbonyl (C=O) groups is 2. The number of carbonyl (C=O) groups excluding carboxylic acids is 1. The molecule has 0 aliphatic heterocycles. The lowest BCUT2D eigenvalue weighted by Crippen LogP contribution is -2.46. The predicted octanol–water partition coefficient (Wildman–Crippen LogP) is 0.881. The molecule has 0 saturated heterocycles. The van der Waals surface area contributed by atoms with E-state index in [0.717, 1.165) is 32.4 Å². The molecule has 0 spiro atoms. The zero-order chi connectivity index (χ0) is 14.3. The molecule has 0 aromatic heterocycles. The third-order valence-electron chi connectivity index (χ3n) is 3.68. The topological polar surface area (TPSA) is 81.7 Å². The second-order valence-corrected chi connectivity index (χ2v) is 5.19. The van der Waals surface area contributed by atoms with Gasteiger partial charge in [0.2, 0.25) is 0 Å². The van der Waals surface area contributed by atoms with Gasteiger partial charge in [-0.3, -0.25) is 4.79 Å². The first-order valence-corrected chi connectivity index (χ1v) is 6.98. The number of urea groups is 1. The Morgan fingerprint density at radius 2 is 2.11 bits per heavy atom. The zero-order valence-corrected chi connectivity index (χ0v) is 11.8. The van der Waals surface area contributed by atoms with E-state index in [9.17, 15) is 9.59 Å². The van der Waals surface area contributed by atoms with E-state index in [1.807, 2.05) is 7.05 Å². The summed E-state index contributed by atoms with van der Waals surface area (Å²) in [6.07, 6.45) is 2.99. The monoisotopic (exact) mass is 271 g/mol. The molecular formula is C13H25N3O3. The quantitative estimate of drug-likeness (QED) is 0.670. The van der Waals surface area contributed by atoms with E-state index >= 15 is 0 Å². The van der Waals surface area contributed by atoms with Gasteiger partial charge in [-0.1, -0.05) is 13.3 Å². The number of likely N-dealkylation sites (N-methyl/N-ethyl adjacent to an activating group) is 1. The van der Waals surface area contributed by atoms with E-state index in [0.29, 0.717) is 13.0 Å². The number of amides is 2. The standard InChI is InChI=1S/C13H25N3O3/c1-3-16(2)8-7-14-13(19)15-11-6-4-5-10(9-11)12(17)18/h10-11H,3-9H2,1-2H3,(H,17,18)(H2,14,15,19). The van der Waals surface area contributed by atoms with Crippen molar-refractivity contribution in [2.45, 2.75) is 38.6 Å². The van der Waals surface area contributed by atoms with Crippen LogP contribution in [0.4, 0.5) is 4.79 Å². The van der Waals surface area contributed by atoms with Crippen LogP contribution in [-0.2, 0) is 4.79 Å². The largest absolute Gasteiger partial charge is 0.481 e. The van der Waals surface area contributed by atoms with Gasteiger partial charge in [0.1, 0.15) is 0 Å². The van der Waals surface area contributed by atoms with E-state index in [2.05, 4.69) is 22.5 Å². The van der Waals surface area contributed by atoms with Gasteiger partial charge in [-0.25, -0.2) is 4.79 Å². The fraction of sp³-hybridized carbons (Fsp3) is 0.846. The van der Waals surface area contributed by atoms with Gasteiger partial charge in [-0.05, 0) is 32.9 Å². The molecule has 6 nitrogen and oxygen atoms in total. The maximum atomic E-state index is 11.7. The Morgan fingerprint density at radius 3 is 2.74 bits per heavy atom. The molecule has 1 aliphatic rings. The minimum atomic E-state index is -0.753. The van der Waals surface area contributed by atoms with Crippen molar-refractivity contribution in [1.29, 1.82) is 0 Å². The van der Waals surface area contributed by atoms with Crippen LogP contribution in [-0.4, -0.2) is 54.7 Å². The number of nitrogens with zero attached hydrogens (tertiary/aromatic N) is 1. The summed E-state index contributed by atoms with van der Waals surface area (Å²) < 4.78 is 0. The van der Waals surface area contributed by atoms with Gasteiger partial charge in [0.25, 0.3) is 0 Å². The summed E-state index contributed by atoms with van der Waals surface area (Å²) >= 11 is 0. The number of rotatable bonds is 6. The van der Waals surface area contributed by atoms with Gasteiger partial charge in [0.05, 0.1) is 5.92 Å². The second kappa shape index (κ2) is 7.99. The van der Waals surface area contributed by atoms with Crippen LogP contribution < -0.4 is 10.6 Å². The van der Waals surface area contributed by atoms with Gasteiger partial charge < -0.3 is 20.6 Å². The first kappa shape index (κ1) is 15.8. The molecule has 0 aromatic carbocycles. The molecule has 2 unspecified atom stereocenters. The summed E-state index contributed by atoms with van der Waals surface area (Å²) in [6, 6.07) is -0.209. The molecule has 1 aliphatic carbocycles. The van der Waals surface area contributed by atoms with Crippen LogP contribution in [0.5, 0.6) is 0 Å². The van der Waals surface area contributed by atoms with Crippen LogP contribution >= 0.6 is 0 Å². The van der Waals surface area contributed by atoms with Crippen molar-refractivity contribution in [2.75, 3.05) is 26.7 Å². The normalized spacial score (nSPS) is 23.1. The lowest BCUT2D eigenvalue weighted by molar-refractivity contribution is -0.143. The highest BCUT2D eigenvalue weighted by Crippen LogP contribution is 2.24. The number of carboxylic acids is 1. The second-order valence-electron chi connectivity index (χ2n) is 5.19. The summed E-state index contributed by atoms with van der Waals surface area (Å²) in [5.74, 6) is -1.07. The fourth-order valence-corrected chi connectivity index (χ4v) is 2.30. The average molecular weight is 271 g/mol.